The lowest BCUT2D eigenvalue weighted by Crippen LogP contribution is -2.37. The van der Waals surface area contributed by atoms with Gasteiger partial charge in [-0.1, -0.05) is 24.3 Å². The van der Waals surface area contributed by atoms with Crippen molar-refractivity contribution in [1.82, 2.24) is 4.98 Å². The molecule has 0 aliphatic carbocycles. The molecule has 26 heavy (non-hydrogen) atoms. The number of aromatic nitrogens is 1. The maximum atomic E-state index is 13.3. The average molecular weight is 350 g/mol. The molecular weight excluding hydrogens is 328 g/mol. The molecule has 0 bridgehead atoms. The van der Waals surface area contributed by atoms with Gasteiger partial charge < -0.3 is 9.47 Å². The first kappa shape index (κ1) is 17.7. The predicted octanol–water partition coefficient (Wildman–Crippen LogP) is 4.31. The van der Waals surface area contributed by atoms with Crippen LogP contribution in [0.2, 0.25) is 0 Å². The molecule has 5 nitrogen and oxygen atoms in total. The summed E-state index contributed by atoms with van der Waals surface area (Å²) < 4.78 is 10.6. The van der Waals surface area contributed by atoms with E-state index in [2.05, 4.69) is 4.98 Å². The molecule has 0 N–H and O–H groups in total. The van der Waals surface area contributed by atoms with E-state index >= 15 is 0 Å². The highest BCUT2D eigenvalue weighted by molar-refractivity contribution is 6.10. The Kier molecular flexibility index (Phi) is 5.07. The normalized spacial score (nSPS) is 10.8. The first-order valence-corrected chi connectivity index (χ1v) is 8.46. The number of rotatable bonds is 5. The van der Waals surface area contributed by atoms with Gasteiger partial charge in [0.2, 0.25) is 0 Å². The number of nitrogens with zero attached hydrogens (tertiary/aromatic N) is 2. The maximum absolute atomic E-state index is 13.3. The quantitative estimate of drug-likeness (QED) is 0.688. The van der Waals surface area contributed by atoms with Crippen molar-refractivity contribution in [1.29, 1.82) is 0 Å². The minimum absolute atomic E-state index is 0.0612. The summed E-state index contributed by atoms with van der Waals surface area (Å²) in [6, 6.07) is 15.0. The van der Waals surface area contributed by atoms with Crippen molar-refractivity contribution >= 4 is 22.5 Å². The number of hydrogen-bond donors (Lipinski definition) is 0. The minimum atomic E-state index is -0.134. The van der Waals surface area contributed by atoms with E-state index in [9.17, 15) is 4.79 Å². The second-order valence-corrected chi connectivity index (χ2v) is 6.19. The van der Waals surface area contributed by atoms with Gasteiger partial charge in [-0.05, 0) is 43.5 Å². The van der Waals surface area contributed by atoms with Crippen LogP contribution in [-0.4, -0.2) is 31.2 Å². The highest BCUT2D eigenvalue weighted by atomic mass is 16.5. The van der Waals surface area contributed by atoms with E-state index in [1.807, 2.05) is 44.2 Å². The third-order valence-electron chi connectivity index (χ3n) is 4.25. The summed E-state index contributed by atoms with van der Waals surface area (Å²) in [4.78, 5) is 19.5. The topological polar surface area (TPSA) is 51.7 Å². The number of ether oxygens (including phenoxy) is 2. The molecule has 0 spiro atoms. The summed E-state index contributed by atoms with van der Waals surface area (Å²) in [5, 5.41) is 1.99. The lowest BCUT2D eigenvalue weighted by Gasteiger charge is -2.27. The first-order valence-electron chi connectivity index (χ1n) is 8.46. The fourth-order valence-electron chi connectivity index (χ4n) is 2.98. The number of amides is 1. The number of methoxy groups -OCH3 is 2. The first-order chi connectivity index (χ1) is 12.6. The summed E-state index contributed by atoms with van der Waals surface area (Å²) in [6.07, 6.45) is 1.73. The molecule has 1 amide bonds. The van der Waals surface area contributed by atoms with Crippen LogP contribution >= 0.6 is 0 Å². The van der Waals surface area contributed by atoms with Gasteiger partial charge in [0.1, 0.15) is 5.82 Å². The SMILES string of the molecule is COc1ccc(C(=O)N(c2nccc3ccccc23)C(C)C)cc1OC. The smallest absolute Gasteiger partial charge is 0.259 e. The molecule has 1 heterocycles. The summed E-state index contributed by atoms with van der Waals surface area (Å²) in [6.45, 7) is 3.95. The van der Waals surface area contributed by atoms with Crippen LogP contribution in [0.4, 0.5) is 5.82 Å². The highest BCUT2D eigenvalue weighted by Crippen LogP contribution is 2.31. The number of benzene rings is 2. The van der Waals surface area contributed by atoms with Gasteiger partial charge in [-0.25, -0.2) is 4.98 Å². The third-order valence-corrected chi connectivity index (χ3v) is 4.25. The highest BCUT2D eigenvalue weighted by Gasteiger charge is 2.24. The number of hydrogen-bond acceptors (Lipinski definition) is 4. The maximum Gasteiger partial charge on any atom is 0.259 e. The zero-order valence-electron chi connectivity index (χ0n) is 15.4. The van der Waals surface area contributed by atoms with Crippen LogP contribution in [0.1, 0.15) is 24.2 Å². The van der Waals surface area contributed by atoms with Gasteiger partial charge in [0.05, 0.1) is 14.2 Å². The molecule has 0 fully saturated rings. The summed E-state index contributed by atoms with van der Waals surface area (Å²) in [7, 11) is 3.12. The molecular formula is C21H22N2O3. The van der Waals surface area contributed by atoms with Crippen molar-refractivity contribution in [3.05, 3.63) is 60.3 Å². The van der Waals surface area contributed by atoms with Crippen LogP contribution in [-0.2, 0) is 0 Å². The largest absolute Gasteiger partial charge is 0.493 e. The number of carbonyl (C=O) groups excluding carboxylic acids is 1. The molecule has 0 aliphatic heterocycles. The number of pyridine rings is 1. The Morgan fingerprint density at radius 3 is 2.42 bits per heavy atom. The Labute approximate surface area is 153 Å². The van der Waals surface area contributed by atoms with Gasteiger partial charge in [-0.2, -0.15) is 0 Å². The molecule has 3 aromatic rings. The van der Waals surface area contributed by atoms with E-state index < -0.39 is 0 Å². The fourth-order valence-corrected chi connectivity index (χ4v) is 2.98. The molecule has 2 aromatic carbocycles. The molecule has 3 rings (SSSR count). The van der Waals surface area contributed by atoms with Crippen molar-refractivity contribution in [2.75, 3.05) is 19.1 Å². The van der Waals surface area contributed by atoms with Crippen LogP contribution in [0.5, 0.6) is 11.5 Å². The molecule has 0 unspecified atom stereocenters. The third kappa shape index (κ3) is 3.20. The minimum Gasteiger partial charge on any atom is -0.493 e. The lowest BCUT2D eigenvalue weighted by atomic mass is 10.1. The summed E-state index contributed by atoms with van der Waals surface area (Å²) in [5.74, 6) is 1.62. The van der Waals surface area contributed by atoms with E-state index in [0.29, 0.717) is 22.9 Å². The number of anilines is 1. The second kappa shape index (κ2) is 7.44. The fraction of sp³-hybridized carbons (Fsp3) is 0.238. The Morgan fingerprint density at radius 1 is 1.00 bits per heavy atom. The van der Waals surface area contributed by atoms with Gasteiger partial charge >= 0.3 is 0 Å². The van der Waals surface area contributed by atoms with E-state index in [-0.39, 0.29) is 11.9 Å². The van der Waals surface area contributed by atoms with E-state index in [1.165, 1.54) is 0 Å². The molecule has 1 aromatic heterocycles. The molecule has 0 aliphatic rings. The predicted molar refractivity (Wildman–Crippen MR) is 103 cm³/mol. The van der Waals surface area contributed by atoms with Gasteiger partial charge in [0, 0.05) is 23.2 Å². The van der Waals surface area contributed by atoms with Crippen LogP contribution in [0, 0.1) is 0 Å². The van der Waals surface area contributed by atoms with Crippen LogP contribution < -0.4 is 14.4 Å². The summed E-state index contributed by atoms with van der Waals surface area (Å²) in [5.41, 5.74) is 0.520. The van der Waals surface area contributed by atoms with E-state index in [1.54, 1.807) is 43.5 Å². The molecule has 0 saturated carbocycles. The van der Waals surface area contributed by atoms with Gasteiger partial charge in [-0.15, -0.1) is 0 Å². The van der Waals surface area contributed by atoms with Crippen molar-refractivity contribution in [3.63, 3.8) is 0 Å². The average Bonchev–Trinajstić information content (AvgIpc) is 2.67. The van der Waals surface area contributed by atoms with Crippen LogP contribution in [0.3, 0.4) is 0 Å². The molecule has 134 valence electrons. The molecule has 0 radical (unpaired) electrons. The van der Waals surface area contributed by atoms with E-state index in [0.717, 1.165) is 10.8 Å². The Bertz CT molecular complexity index is 932. The number of fused-ring (bicyclic) bond motifs is 1. The molecule has 5 heteroatoms. The monoisotopic (exact) mass is 350 g/mol. The van der Waals surface area contributed by atoms with Crippen LogP contribution in [0.15, 0.2) is 54.7 Å². The van der Waals surface area contributed by atoms with Gasteiger partial charge in [0.25, 0.3) is 5.91 Å². The molecule has 0 atom stereocenters. The van der Waals surface area contributed by atoms with Gasteiger partial charge in [0.15, 0.2) is 11.5 Å². The summed E-state index contributed by atoms with van der Waals surface area (Å²) >= 11 is 0. The Balaban J connectivity index is 2.09. The Morgan fingerprint density at radius 2 is 1.73 bits per heavy atom. The zero-order chi connectivity index (χ0) is 18.7. The second-order valence-electron chi connectivity index (χ2n) is 6.19. The van der Waals surface area contributed by atoms with Crippen LogP contribution in [0.25, 0.3) is 10.8 Å². The van der Waals surface area contributed by atoms with Crippen molar-refractivity contribution in [2.24, 2.45) is 0 Å². The Hall–Kier alpha value is -3.08. The molecule has 0 saturated heterocycles. The van der Waals surface area contributed by atoms with Gasteiger partial charge in [-0.3, -0.25) is 9.69 Å². The zero-order valence-corrected chi connectivity index (χ0v) is 15.4. The van der Waals surface area contributed by atoms with E-state index in [4.69, 9.17) is 9.47 Å². The number of carbonyl (C=O) groups is 1. The van der Waals surface area contributed by atoms with Crippen molar-refractivity contribution in [3.8, 4) is 11.5 Å². The standard InChI is InChI=1S/C21H22N2O3/c1-14(2)23(20-17-8-6-5-7-15(17)11-12-22-20)21(24)16-9-10-18(25-3)19(13-16)26-4/h5-14H,1-4H3. The van der Waals surface area contributed by atoms with Crippen molar-refractivity contribution in [2.45, 2.75) is 19.9 Å². The lowest BCUT2D eigenvalue weighted by molar-refractivity contribution is 0.0979. The van der Waals surface area contributed by atoms with Crippen molar-refractivity contribution < 1.29 is 14.3 Å².